The summed E-state index contributed by atoms with van der Waals surface area (Å²) in [6.07, 6.45) is 2.76. The van der Waals surface area contributed by atoms with Crippen LogP contribution in [0.15, 0.2) is 29.2 Å². The Morgan fingerprint density at radius 1 is 1.40 bits per heavy atom. The molecule has 12 nitrogen and oxygen atoms in total. The molecule has 1 heterocycles. The molecule has 3 unspecified atom stereocenters. The van der Waals surface area contributed by atoms with E-state index in [1.807, 2.05) is 13.8 Å². The van der Waals surface area contributed by atoms with E-state index in [1.54, 1.807) is 23.1 Å². The zero-order valence-corrected chi connectivity index (χ0v) is 20.2. The summed E-state index contributed by atoms with van der Waals surface area (Å²) in [7, 11) is 0. The fourth-order valence-electron chi connectivity index (χ4n) is 4.43. The summed E-state index contributed by atoms with van der Waals surface area (Å²) in [6, 6.07) is 4.82. The summed E-state index contributed by atoms with van der Waals surface area (Å²) in [6.45, 7) is 5.73. The normalized spacial score (nSPS) is 19.2. The lowest BCUT2D eigenvalue weighted by Crippen LogP contribution is -2.58. The topological polar surface area (TPSA) is 160 Å². The quantitative estimate of drug-likeness (QED) is 0.312. The molecule has 3 atom stereocenters. The molecule has 35 heavy (non-hydrogen) atoms. The molecule has 192 valence electrons. The highest BCUT2D eigenvalue weighted by Crippen LogP contribution is 2.27. The predicted octanol–water partition coefficient (Wildman–Crippen LogP) is 1.40. The Kier molecular flexibility index (Phi) is 8.62. The third kappa shape index (κ3) is 7.36. The number of benzene rings is 1. The van der Waals surface area contributed by atoms with Gasteiger partial charge in [0.2, 0.25) is 5.91 Å². The van der Waals surface area contributed by atoms with Crippen LogP contribution in [0.25, 0.3) is 10.9 Å². The fraction of sp³-hybridized carbons (Fsp3) is 0.609. The lowest BCUT2D eigenvalue weighted by molar-refractivity contribution is -0.770. The first-order valence-corrected chi connectivity index (χ1v) is 11.7. The Hall–Kier alpha value is -3.25. The Labute approximate surface area is 202 Å². The van der Waals surface area contributed by atoms with Gasteiger partial charge in [-0.05, 0) is 38.8 Å². The maximum atomic E-state index is 12.5. The van der Waals surface area contributed by atoms with Gasteiger partial charge in [-0.1, -0.05) is 18.9 Å². The monoisotopic (exact) mass is 491 g/mol. The number of aliphatic hydroxyl groups is 1. The smallest absolute Gasteiger partial charge is 0.345 e. The van der Waals surface area contributed by atoms with E-state index in [2.05, 4.69) is 15.3 Å². The number of β-amino-alcohol motifs (C(OH)–C–C–N with tert-alkyl or cyclic N) is 1. The molecule has 0 saturated heterocycles. The summed E-state index contributed by atoms with van der Waals surface area (Å²) in [5.74, 6) is 0.302. The van der Waals surface area contributed by atoms with Crippen molar-refractivity contribution in [3.8, 4) is 5.75 Å². The number of carbonyl (C=O) groups is 1. The molecule has 12 heteroatoms. The molecule has 1 fully saturated rings. The highest BCUT2D eigenvalue weighted by Gasteiger charge is 2.36. The molecular formula is C23H33N5O7. The van der Waals surface area contributed by atoms with Crippen molar-refractivity contribution in [2.24, 2.45) is 0 Å². The highest BCUT2D eigenvalue weighted by atomic mass is 17.0. The minimum atomic E-state index is -0.855. The zero-order valence-electron chi connectivity index (χ0n) is 20.2. The van der Waals surface area contributed by atoms with Gasteiger partial charge < -0.3 is 29.9 Å². The van der Waals surface area contributed by atoms with E-state index in [-0.39, 0.29) is 25.1 Å². The van der Waals surface area contributed by atoms with Gasteiger partial charge in [-0.2, -0.15) is 0 Å². The number of hydrogen-bond acceptors (Lipinski definition) is 9. The van der Waals surface area contributed by atoms with Crippen LogP contribution in [0.1, 0.15) is 46.5 Å². The van der Waals surface area contributed by atoms with Crippen molar-refractivity contribution >= 4 is 16.8 Å². The number of fused-ring (bicyclic) bond motifs is 1. The van der Waals surface area contributed by atoms with Crippen LogP contribution in [0.4, 0.5) is 0 Å². The van der Waals surface area contributed by atoms with E-state index in [9.17, 15) is 24.8 Å². The Morgan fingerprint density at radius 2 is 2.14 bits per heavy atom. The molecule has 3 N–H and O–H groups in total. The van der Waals surface area contributed by atoms with Gasteiger partial charge in [0, 0.05) is 31.7 Å². The van der Waals surface area contributed by atoms with Crippen LogP contribution in [0, 0.1) is 10.1 Å². The third-order valence-electron chi connectivity index (χ3n) is 6.13. The van der Waals surface area contributed by atoms with Crippen LogP contribution >= 0.6 is 0 Å². The first-order chi connectivity index (χ1) is 16.6. The SMILES string of the molecule is CC(=O)N(CC(C)(C)NCC(O)COc1cccc2[nH]c(=O)ncc12)C1CCCCC1O[N+](=O)[O-]. The van der Waals surface area contributed by atoms with Gasteiger partial charge in [0.25, 0.3) is 5.09 Å². The maximum Gasteiger partial charge on any atom is 0.345 e. The first kappa shape index (κ1) is 26.4. The number of hydrogen-bond donors (Lipinski definition) is 3. The number of aromatic amines is 1. The number of nitrogens with one attached hydrogen (secondary N) is 2. The lowest BCUT2D eigenvalue weighted by atomic mass is 9.90. The molecule has 1 aliphatic rings. The molecule has 0 aliphatic heterocycles. The van der Waals surface area contributed by atoms with Crippen molar-refractivity contribution in [2.75, 3.05) is 19.7 Å². The summed E-state index contributed by atoms with van der Waals surface area (Å²) in [4.78, 5) is 47.7. The summed E-state index contributed by atoms with van der Waals surface area (Å²) >= 11 is 0. The average molecular weight is 492 g/mol. The van der Waals surface area contributed by atoms with Crippen molar-refractivity contribution in [3.05, 3.63) is 45.0 Å². The second-order valence-electron chi connectivity index (χ2n) is 9.50. The lowest BCUT2D eigenvalue weighted by Gasteiger charge is -2.42. The number of rotatable bonds is 11. The largest absolute Gasteiger partial charge is 0.490 e. The van der Waals surface area contributed by atoms with Gasteiger partial charge >= 0.3 is 5.69 Å². The van der Waals surface area contributed by atoms with Crippen LogP contribution in [-0.4, -0.2) is 74.5 Å². The van der Waals surface area contributed by atoms with Gasteiger partial charge in [-0.25, -0.2) is 9.78 Å². The van der Waals surface area contributed by atoms with Crippen molar-refractivity contribution in [1.82, 2.24) is 20.2 Å². The number of H-pyrrole nitrogens is 1. The molecule has 1 amide bonds. The van der Waals surface area contributed by atoms with Gasteiger partial charge in [0.15, 0.2) is 0 Å². The highest BCUT2D eigenvalue weighted by molar-refractivity contribution is 5.83. The standard InChI is InChI=1S/C23H33N5O7/c1-15(29)27(19-8-4-5-9-21(19)35-28(32)33)14-23(2,3)25-11-16(30)13-34-20-10-6-7-18-17(20)12-24-22(31)26-18/h6-7,10,12,16,19,21,25,30H,4-5,8-9,11,13-14H2,1-3H3,(H,24,26,31). The predicted molar refractivity (Wildman–Crippen MR) is 127 cm³/mol. The molecule has 1 aromatic heterocycles. The van der Waals surface area contributed by atoms with E-state index in [4.69, 9.17) is 9.57 Å². The minimum absolute atomic E-state index is 0.000877. The van der Waals surface area contributed by atoms with Crippen LogP contribution in [0.3, 0.4) is 0 Å². The summed E-state index contributed by atoms with van der Waals surface area (Å²) in [5, 5.41) is 24.5. The number of amides is 1. The fourth-order valence-corrected chi connectivity index (χ4v) is 4.43. The molecule has 1 saturated carbocycles. The van der Waals surface area contributed by atoms with Crippen molar-refractivity contribution in [1.29, 1.82) is 0 Å². The number of aliphatic hydroxyl groups excluding tert-OH is 1. The van der Waals surface area contributed by atoms with Gasteiger partial charge in [-0.3, -0.25) is 4.79 Å². The Bertz CT molecular complexity index is 1090. The second-order valence-corrected chi connectivity index (χ2v) is 9.50. The van der Waals surface area contributed by atoms with Crippen LogP contribution in [-0.2, 0) is 9.63 Å². The van der Waals surface area contributed by atoms with Crippen LogP contribution in [0.5, 0.6) is 5.75 Å². The number of aromatic nitrogens is 2. The summed E-state index contributed by atoms with van der Waals surface area (Å²) < 4.78 is 5.75. The maximum absolute atomic E-state index is 12.5. The molecular weight excluding hydrogens is 458 g/mol. The molecule has 2 aromatic rings. The van der Waals surface area contributed by atoms with Crippen LogP contribution < -0.4 is 15.7 Å². The molecule has 0 radical (unpaired) electrons. The van der Waals surface area contributed by atoms with E-state index < -0.39 is 28.5 Å². The van der Waals surface area contributed by atoms with Crippen LogP contribution in [0.2, 0.25) is 0 Å². The molecule has 3 rings (SSSR count). The molecule has 1 aromatic carbocycles. The number of ether oxygens (including phenoxy) is 1. The Balaban J connectivity index is 1.57. The van der Waals surface area contributed by atoms with E-state index >= 15 is 0 Å². The molecule has 0 bridgehead atoms. The van der Waals surface area contributed by atoms with Gasteiger partial charge in [-0.15, -0.1) is 10.1 Å². The van der Waals surface area contributed by atoms with E-state index in [1.165, 1.54) is 13.1 Å². The van der Waals surface area contributed by atoms with Gasteiger partial charge in [0.1, 0.15) is 24.6 Å². The average Bonchev–Trinajstić information content (AvgIpc) is 2.79. The minimum Gasteiger partial charge on any atom is -0.490 e. The van der Waals surface area contributed by atoms with Crippen molar-refractivity contribution < 1.29 is 24.6 Å². The first-order valence-electron chi connectivity index (χ1n) is 11.7. The van der Waals surface area contributed by atoms with Crippen molar-refractivity contribution in [2.45, 2.75) is 70.2 Å². The number of carbonyl (C=O) groups excluding carboxylic acids is 1. The summed E-state index contributed by atoms with van der Waals surface area (Å²) in [5.41, 5.74) is -0.459. The zero-order chi connectivity index (χ0) is 25.6. The van der Waals surface area contributed by atoms with E-state index in [0.717, 1.165) is 12.8 Å². The van der Waals surface area contributed by atoms with E-state index in [0.29, 0.717) is 36.0 Å². The number of nitrogens with zero attached hydrogens (tertiary/aromatic N) is 3. The van der Waals surface area contributed by atoms with Gasteiger partial charge in [0.05, 0.1) is 16.9 Å². The molecule has 1 aliphatic carbocycles. The third-order valence-corrected chi connectivity index (χ3v) is 6.13. The Morgan fingerprint density at radius 3 is 2.86 bits per heavy atom. The molecule has 0 spiro atoms. The van der Waals surface area contributed by atoms with Crippen molar-refractivity contribution in [3.63, 3.8) is 0 Å². The second kappa shape index (κ2) is 11.5.